The van der Waals surface area contributed by atoms with Gasteiger partial charge in [-0.2, -0.15) is 0 Å². The second-order valence-corrected chi connectivity index (χ2v) is 4.90. The molecule has 0 atom stereocenters. The molecular formula is C19H21NO2. The first-order valence-electron chi connectivity index (χ1n) is 7.48. The lowest BCUT2D eigenvalue weighted by molar-refractivity contribution is 0.141. The number of carbonyl (C=O) groups excluding carboxylic acids is 1. The van der Waals surface area contributed by atoms with Gasteiger partial charge in [-0.1, -0.05) is 73.7 Å². The quantitative estimate of drug-likeness (QED) is 0.868. The molecule has 0 radical (unpaired) electrons. The number of rotatable bonds is 6. The zero-order chi connectivity index (χ0) is 15.6. The Morgan fingerprint density at radius 1 is 1.09 bits per heavy atom. The van der Waals surface area contributed by atoms with Gasteiger partial charge in [0.05, 0.1) is 0 Å². The molecule has 0 aliphatic carbocycles. The smallest absolute Gasteiger partial charge is 0.407 e. The molecular weight excluding hydrogens is 274 g/mol. The highest BCUT2D eigenvalue weighted by Gasteiger charge is 2.00. The van der Waals surface area contributed by atoms with Crippen molar-refractivity contribution in [1.29, 1.82) is 0 Å². The van der Waals surface area contributed by atoms with Crippen LogP contribution in [-0.4, -0.2) is 12.6 Å². The molecule has 0 fully saturated rings. The van der Waals surface area contributed by atoms with E-state index in [2.05, 4.69) is 24.4 Å². The fraction of sp³-hybridized carbons (Fsp3) is 0.211. The Labute approximate surface area is 131 Å². The van der Waals surface area contributed by atoms with Crippen molar-refractivity contribution in [3.63, 3.8) is 0 Å². The van der Waals surface area contributed by atoms with Crippen LogP contribution in [0, 0.1) is 0 Å². The third-order valence-corrected chi connectivity index (χ3v) is 3.31. The normalized spacial score (nSPS) is 10.6. The van der Waals surface area contributed by atoms with E-state index in [-0.39, 0.29) is 6.61 Å². The van der Waals surface area contributed by atoms with E-state index in [1.54, 1.807) is 0 Å². The molecule has 2 rings (SSSR count). The first-order valence-corrected chi connectivity index (χ1v) is 7.48. The van der Waals surface area contributed by atoms with Crippen molar-refractivity contribution in [2.24, 2.45) is 0 Å². The Hall–Kier alpha value is -2.55. The molecule has 0 saturated carbocycles. The number of benzene rings is 2. The second kappa shape index (κ2) is 8.67. The summed E-state index contributed by atoms with van der Waals surface area (Å²) in [6.07, 6.45) is 4.54. The zero-order valence-electron chi connectivity index (χ0n) is 12.8. The van der Waals surface area contributed by atoms with Gasteiger partial charge in [0, 0.05) is 6.54 Å². The lowest BCUT2D eigenvalue weighted by Crippen LogP contribution is -2.24. The Morgan fingerprint density at radius 3 is 2.59 bits per heavy atom. The van der Waals surface area contributed by atoms with E-state index < -0.39 is 6.09 Å². The molecule has 0 spiro atoms. The maximum absolute atomic E-state index is 11.6. The van der Waals surface area contributed by atoms with Crippen LogP contribution in [0.25, 0.3) is 6.08 Å². The Balaban J connectivity index is 1.73. The molecule has 1 N–H and O–H groups in total. The van der Waals surface area contributed by atoms with E-state index in [9.17, 15) is 4.79 Å². The monoisotopic (exact) mass is 295 g/mol. The summed E-state index contributed by atoms with van der Waals surface area (Å²) in [7, 11) is 0. The van der Waals surface area contributed by atoms with Crippen molar-refractivity contribution >= 4 is 12.2 Å². The largest absolute Gasteiger partial charge is 0.445 e. The second-order valence-electron chi connectivity index (χ2n) is 4.90. The van der Waals surface area contributed by atoms with Crippen LogP contribution in [-0.2, 0) is 17.8 Å². The Bertz CT molecular complexity index is 620. The lowest BCUT2D eigenvalue weighted by atomic mass is 10.1. The number of aryl methyl sites for hydroxylation is 1. The number of alkyl carbamates (subject to hydrolysis) is 1. The van der Waals surface area contributed by atoms with Crippen molar-refractivity contribution in [2.45, 2.75) is 20.0 Å². The number of hydrogen-bond donors (Lipinski definition) is 1. The van der Waals surface area contributed by atoms with Crippen LogP contribution in [0.4, 0.5) is 4.79 Å². The highest BCUT2D eigenvalue weighted by atomic mass is 16.5. The molecule has 22 heavy (non-hydrogen) atoms. The summed E-state index contributed by atoms with van der Waals surface area (Å²) in [6, 6.07) is 17.9. The number of carbonyl (C=O) groups is 1. The first kappa shape index (κ1) is 15.8. The van der Waals surface area contributed by atoms with Crippen LogP contribution in [0.5, 0.6) is 0 Å². The van der Waals surface area contributed by atoms with Gasteiger partial charge < -0.3 is 10.1 Å². The van der Waals surface area contributed by atoms with Gasteiger partial charge in [0.25, 0.3) is 0 Å². The minimum Gasteiger partial charge on any atom is -0.445 e. The average molecular weight is 295 g/mol. The molecule has 114 valence electrons. The Kier molecular flexibility index (Phi) is 6.24. The lowest BCUT2D eigenvalue weighted by Gasteiger charge is -2.05. The molecule has 0 aliphatic rings. The topological polar surface area (TPSA) is 38.3 Å². The van der Waals surface area contributed by atoms with Crippen LogP contribution in [0.2, 0.25) is 0 Å². The molecule has 0 aromatic heterocycles. The van der Waals surface area contributed by atoms with E-state index >= 15 is 0 Å². The summed E-state index contributed by atoms with van der Waals surface area (Å²) < 4.78 is 5.14. The van der Waals surface area contributed by atoms with Gasteiger partial charge in [-0.25, -0.2) is 4.79 Å². The van der Waals surface area contributed by atoms with E-state index in [4.69, 9.17) is 4.74 Å². The van der Waals surface area contributed by atoms with E-state index in [1.165, 1.54) is 11.1 Å². The van der Waals surface area contributed by atoms with E-state index in [0.717, 1.165) is 12.0 Å². The maximum Gasteiger partial charge on any atom is 0.407 e. The van der Waals surface area contributed by atoms with Crippen LogP contribution in [0.3, 0.4) is 0 Å². The van der Waals surface area contributed by atoms with Gasteiger partial charge in [0.1, 0.15) is 6.61 Å². The minimum absolute atomic E-state index is 0.287. The van der Waals surface area contributed by atoms with Gasteiger partial charge in [-0.05, 0) is 23.1 Å². The fourth-order valence-electron chi connectivity index (χ4n) is 2.12. The molecule has 2 aromatic carbocycles. The predicted octanol–water partition coefficient (Wildman–Crippen LogP) is 4.19. The number of amides is 1. The van der Waals surface area contributed by atoms with Gasteiger partial charge in [-0.15, -0.1) is 0 Å². The molecule has 3 heteroatoms. The third kappa shape index (κ3) is 5.09. The summed E-state index contributed by atoms with van der Waals surface area (Å²) in [5.41, 5.74) is 3.46. The van der Waals surface area contributed by atoms with Gasteiger partial charge in [0.2, 0.25) is 0 Å². The summed E-state index contributed by atoms with van der Waals surface area (Å²) in [4.78, 5) is 11.6. The van der Waals surface area contributed by atoms with Gasteiger partial charge >= 0.3 is 6.09 Å². The van der Waals surface area contributed by atoms with Crippen LogP contribution in [0.15, 0.2) is 60.7 Å². The van der Waals surface area contributed by atoms with Crippen molar-refractivity contribution in [3.05, 3.63) is 77.4 Å². The molecule has 0 saturated heterocycles. The number of ether oxygens (including phenoxy) is 1. The summed E-state index contributed by atoms with van der Waals surface area (Å²) in [5, 5.41) is 2.71. The molecule has 3 nitrogen and oxygen atoms in total. The molecule has 0 aliphatic heterocycles. The highest BCUT2D eigenvalue weighted by Crippen LogP contribution is 2.10. The average Bonchev–Trinajstić information content (AvgIpc) is 2.58. The number of nitrogens with one attached hydrogen (secondary N) is 1. The zero-order valence-corrected chi connectivity index (χ0v) is 12.8. The van der Waals surface area contributed by atoms with Crippen molar-refractivity contribution in [2.75, 3.05) is 6.54 Å². The van der Waals surface area contributed by atoms with Crippen molar-refractivity contribution in [3.8, 4) is 0 Å². The third-order valence-electron chi connectivity index (χ3n) is 3.31. The van der Waals surface area contributed by atoms with Crippen molar-refractivity contribution in [1.82, 2.24) is 5.32 Å². The number of hydrogen-bond acceptors (Lipinski definition) is 2. The van der Waals surface area contributed by atoms with Gasteiger partial charge in [-0.3, -0.25) is 0 Å². The molecule has 1 amide bonds. The van der Waals surface area contributed by atoms with Crippen molar-refractivity contribution < 1.29 is 9.53 Å². The summed E-state index contributed by atoms with van der Waals surface area (Å²) >= 11 is 0. The Morgan fingerprint density at radius 2 is 1.82 bits per heavy atom. The van der Waals surface area contributed by atoms with Crippen LogP contribution in [0.1, 0.15) is 23.6 Å². The SMILES string of the molecule is CCc1ccccc1C=CCNC(=O)OCc1ccccc1. The molecule has 0 unspecified atom stereocenters. The van der Waals surface area contributed by atoms with Gasteiger partial charge in [0.15, 0.2) is 0 Å². The fourth-order valence-corrected chi connectivity index (χ4v) is 2.12. The van der Waals surface area contributed by atoms with E-state index in [1.807, 2.05) is 54.6 Å². The summed E-state index contributed by atoms with van der Waals surface area (Å²) in [6.45, 7) is 2.87. The maximum atomic E-state index is 11.6. The molecule has 0 heterocycles. The van der Waals surface area contributed by atoms with E-state index in [0.29, 0.717) is 6.54 Å². The predicted molar refractivity (Wildman–Crippen MR) is 89.5 cm³/mol. The standard InChI is InChI=1S/C19H21NO2/c1-2-17-11-6-7-12-18(17)13-8-14-20-19(21)22-15-16-9-4-3-5-10-16/h3-13H,2,14-15H2,1H3,(H,20,21). The molecule has 2 aromatic rings. The summed E-state index contributed by atoms with van der Waals surface area (Å²) in [5.74, 6) is 0. The van der Waals surface area contributed by atoms with Crippen LogP contribution >= 0.6 is 0 Å². The van der Waals surface area contributed by atoms with Crippen LogP contribution < -0.4 is 5.32 Å². The minimum atomic E-state index is -0.405. The highest BCUT2D eigenvalue weighted by molar-refractivity contribution is 5.67. The first-order chi connectivity index (χ1) is 10.8. The molecule has 0 bridgehead atoms.